The largest absolute Gasteiger partial charge is 0.493 e. The Labute approximate surface area is 175 Å². The summed E-state index contributed by atoms with van der Waals surface area (Å²) in [5.41, 5.74) is 5.73. The molecule has 1 aliphatic rings. The molecule has 0 aromatic heterocycles. The summed E-state index contributed by atoms with van der Waals surface area (Å²) in [5, 5.41) is 6.46. The fraction of sp³-hybridized carbons (Fsp3) is 0.208. The molecule has 0 aliphatic carbocycles. The predicted molar refractivity (Wildman–Crippen MR) is 118 cm³/mol. The van der Waals surface area contributed by atoms with E-state index in [2.05, 4.69) is 34.9 Å². The van der Waals surface area contributed by atoms with Crippen LogP contribution in [-0.2, 0) is 12.8 Å². The number of ether oxygens (including phenoxy) is 3. The first-order valence-corrected chi connectivity index (χ1v) is 9.72. The van der Waals surface area contributed by atoms with Gasteiger partial charge in [-0.3, -0.25) is 4.79 Å². The minimum atomic E-state index is -0.261. The van der Waals surface area contributed by atoms with E-state index in [1.165, 1.54) is 32.5 Å². The predicted octanol–water partition coefficient (Wildman–Crippen LogP) is 4.81. The number of amides is 1. The van der Waals surface area contributed by atoms with Gasteiger partial charge in [0.1, 0.15) is 0 Å². The van der Waals surface area contributed by atoms with Crippen LogP contribution in [0.4, 0.5) is 17.1 Å². The number of anilines is 3. The smallest absolute Gasteiger partial charge is 0.255 e. The van der Waals surface area contributed by atoms with Gasteiger partial charge in [-0.05, 0) is 54.3 Å². The molecule has 0 atom stereocenters. The maximum atomic E-state index is 12.9. The van der Waals surface area contributed by atoms with Gasteiger partial charge >= 0.3 is 0 Å². The van der Waals surface area contributed by atoms with Crippen molar-refractivity contribution in [1.82, 2.24) is 0 Å². The Bertz CT molecular complexity index is 1070. The van der Waals surface area contributed by atoms with Gasteiger partial charge in [0, 0.05) is 22.6 Å². The Balaban J connectivity index is 1.60. The first-order chi connectivity index (χ1) is 14.6. The minimum absolute atomic E-state index is 0.261. The number of fused-ring (bicyclic) bond motifs is 2. The minimum Gasteiger partial charge on any atom is -0.493 e. The zero-order chi connectivity index (χ0) is 21.1. The van der Waals surface area contributed by atoms with Crippen molar-refractivity contribution in [3.8, 4) is 17.2 Å². The lowest BCUT2D eigenvalue weighted by atomic mass is 10.0. The zero-order valence-electron chi connectivity index (χ0n) is 17.2. The topological polar surface area (TPSA) is 68.8 Å². The van der Waals surface area contributed by atoms with Crippen molar-refractivity contribution in [1.29, 1.82) is 0 Å². The molecule has 0 fully saturated rings. The summed E-state index contributed by atoms with van der Waals surface area (Å²) in [7, 11) is 4.57. The van der Waals surface area contributed by atoms with Gasteiger partial charge in [-0.2, -0.15) is 0 Å². The highest BCUT2D eigenvalue weighted by atomic mass is 16.5. The van der Waals surface area contributed by atoms with Gasteiger partial charge in [-0.1, -0.05) is 24.3 Å². The molecule has 0 bridgehead atoms. The molecule has 6 nitrogen and oxygen atoms in total. The Hall–Kier alpha value is -3.67. The number of nitrogens with one attached hydrogen (secondary N) is 2. The van der Waals surface area contributed by atoms with Crippen LogP contribution in [-0.4, -0.2) is 27.2 Å². The molecule has 30 heavy (non-hydrogen) atoms. The van der Waals surface area contributed by atoms with Crippen LogP contribution >= 0.6 is 0 Å². The first-order valence-electron chi connectivity index (χ1n) is 9.72. The van der Waals surface area contributed by atoms with E-state index in [0.29, 0.717) is 28.5 Å². The summed E-state index contributed by atoms with van der Waals surface area (Å²) < 4.78 is 16.0. The monoisotopic (exact) mass is 404 g/mol. The molecule has 0 unspecified atom stereocenters. The van der Waals surface area contributed by atoms with E-state index in [9.17, 15) is 4.79 Å². The molecule has 3 aromatic carbocycles. The Morgan fingerprint density at radius 2 is 1.50 bits per heavy atom. The summed E-state index contributed by atoms with van der Waals surface area (Å²) in [6, 6.07) is 17.5. The van der Waals surface area contributed by atoms with Gasteiger partial charge in [0.05, 0.1) is 21.3 Å². The van der Waals surface area contributed by atoms with Gasteiger partial charge in [-0.25, -0.2) is 0 Å². The standard InChI is InChI=1S/C24H24N2O4/c1-28-21-12-17(13-22(29-2)23(21)30-3)24(27)25-18-11-10-16-9-8-15-6-4-5-7-19(15)26-20(16)14-18/h4-7,10-14,26H,8-9H2,1-3H3,(H,25,27). The summed E-state index contributed by atoms with van der Waals surface area (Å²) in [6.45, 7) is 0. The molecular weight excluding hydrogens is 380 g/mol. The third-order valence-corrected chi connectivity index (χ3v) is 5.25. The molecule has 4 rings (SSSR count). The average molecular weight is 404 g/mol. The van der Waals surface area contributed by atoms with Crippen LogP contribution in [0.25, 0.3) is 0 Å². The molecular formula is C24H24N2O4. The number of aryl methyl sites for hydroxylation is 2. The number of hydrogen-bond donors (Lipinski definition) is 2. The van der Waals surface area contributed by atoms with Crippen LogP contribution in [0.1, 0.15) is 21.5 Å². The van der Waals surface area contributed by atoms with Gasteiger partial charge < -0.3 is 24.8 Å². The molecule has 0 radical (unpaired) electrons. The molecule has 3 aromatic rings. The lowest BCUT2D eigenvalue weighted by Gasteiger charge is -2.15. The van der Waals surface area contributed by atoms with Crippen molar-refractivity contribution >= 4 is 23.0 Å². The molecule has 1 amide bonds. The second-order valence-electron chi connectivity index (χ2n) is 7.02. The molecule has 0 spiro atoms. The molecule has 0 saturated carbocycles. The summed E-state index contributed by atoms with van der Waals surface area (Å²) >= 11 is 0. The quantitative estimate of drug-likeness (QED) is 0.639. The van der Waals surface area contributed by atoms with Crippen molar-refractivity contribution in [2.24, 2.45) is 0 Å². The van der Waals surface area contributed by atoms with E-state index in [4.69, 9.17) is 14.2 Å². The number of methoxy groups -OCH3 is 3. The van der Waals surface area contributed by atoms with E-state index < -0.39 is 0 Å². The molecule has 2 N–H and O–H groups in total. The maximum absolute atomic E-state index is 12.9. The third kappa shape index (κ3) is 3.76. The summed E-state index contributed by atoms with van der Waals surface area (Å²) in [5.74, 6) is 1.05. The Kier molecular flexibility index (Phi) is 5.48. The van der Waals surface area contributed by atoms with E-state index in [1.807, 2.05) is 18.2 Å². The first kappa shape index (κ1) is 19.6. The van der Waals surface area contributed by atoms with E-state index >= 15 is 0 Å². The summed E-state index contributed by atoms with van der Waals surface area (Å²) in [6.07, 6.45) is 1.92. The van der Waals surface area contributed by atoms with Gasteiger partial charge in [0.15, 0.2) is 11.5 Å². The molecule has 0 saturated heterocycles. The maximum Gasteiger partial charge on any atom is 0.255 e. The fourth-order valence-corrected chi connectivity index (χ4v) is 3.68. The number of carbonyl (C=O) groups excluding carboxylic acids is 1. The van der Waals surface area contributed by atoms with Gasteiger partial charge in [0.25, 0.3) is 5.91 Å². The second-order valence-corrected chi connectivity index (χ2v) is 7.02. The normalized spacial score (nSPS) is 12.0. The highest BCUT2D eigenvalue weighted by Crippen LogP contribution is 2.38. The Morgan fingerprint density at radius 1 is 0.833 bits per heavy atom. The lowest BCUT2D eigenvalue weighted by Crippen LogP contribution is -2.13. The van der Waals surface area contributed by atoms with Crippen molar-refractivity contribution in [3.63, 3.8) is 0 Å². The molecule has 1 aliphatic heterocycles. The second kappa shape index (κ2) is 8.37. The van der Waals surface area contributed by atoms with Gasteiger partial charge in [0.2, 0.25) is 5.75 Å². The lowest BCUT2D eigenvalue weighted by molar-refractivity contribution is 0.102. The average Bonchev–Trinajstić information content (AvgIpc) is 2.96. The van der Waals surface area contributed by atoms with Crippen LogP contribution in [0.5, 0.6) is 17.2 Å². The van der Waals surface area contributed by atoms with Crippen molar-refractivity contribution in [2.75, 3.05) is 32.0 Å². The number of carbonyl (C=O) groups is 1. The van der Waals surface area contributed by atoms with Crippen LogP contribution in [0.3, 0.4) is 0 Å². The van der Waals surface area contributed by atoms with Crippen LogP contribution in [0.15, 0.2) is 54.6 Å². The van der Waals surface area contributed by atoms with E-state index in [1.54, 1.807) is 12.1 Å². The van der Waals surface area contributed by atoms with Crippen molar-refractivity contribution in [3.05, 3.63) is 71.3 Å². The van der Waals surface area contributed by atoms with Crippen LogP contribution < -0.4 is 24.8 Å². The number of para-hydroxylation sites is 1. The van der Waals surface area contributed by atoms with Crippen LogP contribution in [0.2, 0.25) is 0 Å². The van der Waals surface area contributed by atoms with Crippen molar-refractivity contribution in [2.45, 2.75) is 12.8 Å². The van der Waals surface area contributed by atoms with E-state index in [0.717, 1.165) is 24.2 Å². The van der Waals surface area contributed by atoms with Gasteiger partial charge in [-0.15, -0.1) is 0 Å². The zero-order valence-corrected chi connectivity index (χ0v) is 17.2. The fourth-order valence-electron chi connectivity index (χ4n) is 3.68. The molecule has 154 valence electrons. The third-order valence-electron chi connectivity index (χ3n) is 5.25. The summed E-state index contributed by atoms with van der Waals surface area (Å²) in [4.78, 5) is 12.9. The Morgan fingerprint density at radius 3 is 2.17 bits per heavy atom. The number of hydrogen-bond acceptors (Lipinski definition) is 5. The SMILES string of the molecule is COc1cc(C(=O)Nc2ccc3c(c2)Nc2ccccc2CC3)cc(OC)c1OC. The van der Waals surface area contributed by atoms with Crippen LogP contribution in [0, 0.1) is 0 Å². The highest BCUT2D eigenvalue weighted by molar-refractivity contribution is 6.05. The molecule has 1 heterocycles. The number of benzene rings is 3. The van der Waals surface area contributed by atoms with E-state index in [-0.39, 0.29) is 5.91 Å². The number of rotatable bonds is 5. The molecule has 6 heteroatoms. The van der Waals surface area contributed by atoms with Crippen molar-refractivity contribution < 1.29 is 19.0 Å². The highest BCUT2D eigenvalue weighted by Gasteiger charge is 2.18.